The van der Waals surface area contributed by atoms with Crippen LogP contribution in [0.15, 0.2) is 58.7 Å². The van der Waals surface area contributed by atoms with Crippen LogP contribution in [-0.2, 0) is 0 Å². The van der Waals surface area contributed by atoms with Crippen LogP contribution in [0.2, 0.25) is 0 Å². The van der Waals surface area contributed by atoms with E-state index in [0.29, 0.717) is 17.2 Å². The van der Waals surface area contributed by atoms with Crippen molar-refractivity contribution >= 4 is 18.5 Å². The van der Waals surface area contributed by atoms with Gasteiger partial charge in [0.2, 0.25) is 5.75 Å². The quantitative estimate of drug-likeness (QED) is 0.574. The molecule has 2 aromatic rings. The molecule has 5 heteroatoms. The lowest BCUT2D eigenvalue weighted by Crippen LogP contribution is -1.96. The summed E-state index contributed by atoms with van der Waals surface area (Å²) in [4.78, 5) is 0. The number of rotatable bonds is 7. The molecule has 0 fully saturated rings. The number of ether oxygens (including phenoxy) is 3. The molecule has 0 bridgehead atoms. The first-order chi connectivity index (χ1) is 11.8. The lowest BCUT2D eigenvalue weighted by Gasteiger charge is -2.12. The maximum atomic E-state index is 5.30. The van der Waals surface area contributed by atoms with E-state index in [1.165, 1.54) is 0 Å². The summed E-state index contributed by atoms with van der Waals surface area (Å²) >= 11 is 0. The fourth-order valence-electron chi connectivity index (χ4n) is 2.07. The van der Waals surface area contributed by atoms with Gasteiger partial charge in [0.15, 0.2) is 11.5 Å². The zero-order chi connectivity index (χ0) is 17.2. The van der Waals surface area contributed by atoms with Crippen LogP contribution in [0.3, 0.4) is 0 Å². The van der Waals surface area contributed by atoms with Crippen molar-refractivity contribution in [3.05, 3.63) is 59.7 Å². The Morgan fingerprint density at radius 3 is 2.04 bits per heavy atom. The molecule has 124 valence electrons. The summed E-state index contributed by atoms with van der Waals surface area (Å²) in [6.45, 7) is 0. The van der Waals surface area contributed by atoms with Gasteiger partial charge in [0.1, 0.15) is 0 Å². The monoisotopic (exact) mass is 324 g/mol. The van der Waals surface area contributed by atoms with Crippen molar-refractivity contribution in [2.45, 2.75) is 0 Å². The molecule has 0 amide bonds. The van der Waals surface area contributed by atoms with Crippen molar-refractivity contribution in [2.24, 2.45) is 10.2 Å². The van der Waals surface area contributed by atoms with Crippen LogP contribution in [0, 0.1) is 0 Å². The zero-order valence-electron chi connectivity index (χ0n) is 14.0. The van der Waals surface area contributed by atoms with Crippen molar-refractivity contribution in [2.75, 3.05) is 21.3 Å². The summed E-state index contributed by atoms with van der Waals surface area (Å²) in [5.74, 6) is 1.70. The average Bonchev–Trinajstić information content (AvgIpc) is 2.64. The third-order valence-corrected chi connectivity index (χ3v) is 3.20. The first-order valence-electron chi connectivity index (χ1n) is 7.36. The minimum absolute atomic E-state index is 0.548. The second-order valence-corrected chi connectivity index (χ2v) is 4.74. The first-order valence-corrected chi connectivity index (χ1v) is 7.36. The predicted molar refractivity (Wildman–Crippen MR) is 97.7 cm³/mol. The van der Waals surface area contributed by atoms with Gasteiger partial charge in [-0.1, -0.05) is 36.4 Å². The molecular formula is C19H20N2O3. The molecule has 0 heterocycles. The highest BCUT2D eigenvalue weighted by Gasteiger charge is 2.12. The molecule has 0 N–H and O–H groups in total. The van der Waals surface area contributed by atoms with Gasteiger partial charge in [0.05, 0.1) is 27.5 Å². The van der Waals surface area contributed by atoms with Crippen LogP contribution in [0.4, 0.5) is 0 Å². The summed E-state index contributed by atoms with van der Waals surface area (Å²) in [6, 6.07) is 13.6. The van der Waals surface area contributed by atoms with Crippen molar-refractivity contribution in [3.8, 4) is 17.2 Å². The van der Waals surface area contributed by atoms with Crippen molar-refractivity contribution in [1.29, 1.82) is 0 Å². The van der Waals surface area contributed by atoms with Gasteiger partial charge in [0, 0.05) is 11.8 Å². The lowest BCUT2D eigenvalue weighted by molar-refractivity contribution is 0.324. The minimum atomic E-state index is 0.548. The molecule has 0 aliphatic carbocycles. The minimum Gasteiger partial charge on any atom is -0.493 e. The van der Waals surface area contributed by atoms with E-state index in [2.05, 4.69) is 10.2 Å². The summed E-state index contributed by atoms with van der Waals surface area (Å²) in [6.07, 6.45) is 7.04. The summed E-state index contributed by atoms with van der Waals surface area (Å²) in [7, 11) is 4.72. The van der Waals surface area contributed by atoms with E-state index in [1.807, 2.05) is 42.5 Å². The molecule has 0 atom stereocenters. The van der Waals surface area contributed by atoms with E-state index in [-0.39, 0.29) is 0 Å². The molecule has 24 heavy (non-hydrogen) atoms. The SMILES string of the molecule is COc1cc(\C=N/N=C/C=C\c2ccccc2)cc(OC)c1OC. The van der Waals surface area contributed by atoms with Crippen LogP contribution in [-0.4, -0.2) is 33.8 Å². The molecule has 2 rings (SSSR count). The van der Waals surface area contributed by atoms with Crippen LogP contribution in [0.25, 0.3) is 6.08 Å². The van der Waals surface area contributed by atoms with Crippen LogP contribution < -0.4 is 14.2 Å². The topological polar surface area (TPSA) is 52.4 Å². The Kier molecular flexibility index (Phi) is 6.58. The van der Waals surface area contributed by atoms with E-state index in [1.54, 1.807) is 45.9 Å². The van der Waals surface area contributed by atoms with Gasteiger partial charge in [-0.05, 0) is 23.8 Å². The fourth-order valence-corrected chi connectivity index (χ4v) is 2.07. The molecule has 0 aliphatic heterocycles. The second-order valence-electron chi connectivity index (χ2n) is 4.74. The standard InChI is InChI=1S/C19H20N2O3/c1-22-17-12-16(13-18(23-2)19(17)24-3)14-21-20-11-7-10-15-8-5-4-6-9-15/h4-14H,1-3H3/b10-7-,20-11+,21-14-. The molecule has 0 unspecified atom stereocenters. The van der Waals surface area contributed by atoms with E-state index >= 15 is 0 Å². The van der Waals surface area contributed by atoms with Crippen molar-refractivity contribution in [1.82, 2.24) is 0 Å². The Hall–Kier alpha value is -3.08. The second kappa shape index (κ2) is 9.15. The van der Waals surface area contributed by atoms with E-state index in [0.717, 1.165) is 11.1 Å². The highest BCUT2D eigenvalue weighted by molar-refractivity contribution is 5.83. The molecule has 0 saturated heterocycles. The van der Waals surface area contributed by atoms with E-state index in [9.17, 15) is 0 Å². The Bertz CT molecular complexity index is 713. The number of methoxy groups -OCH3 is 3. The van der Waals surface area contributed by atoms with E-state index in [4.69, 9.17) is 14.2 Å². The highest BCUT2D eigenvalue weighted by atomic mass is 16.5. The normalized spacial score (nSPS) is 11.5. The zero-order valence-corrected chi connectivity index (χ0v) is 14.0. The van der Waals surface area contributed by atoms with Crippen LogP contribution >= 0.6 is 0 Å². The molecule has 0 spiro atoms. The Morgan fingerprint density at radius 1 is 0.792 bits per heavy atom. The Morgan fingerprint density at radius 2 is 1.46 bits per heavy atom. The Labute approximate surface area is 141 Å². The lowest BCUT2D eigenvalue weighted by atomic mass is 10.2. The molecule has 0 aromatic heterocycles. The first kappa shape index (κ1) is 17.3. The smallest absolute Gasteiger partial charge is 0.203 e. The number of benzene rings is 2. The van der Waals surface area contributed by atoms with Crippen LogP contribution in [0.1, 0.15) is 11.1 Å². The van der Waals surface area contributed by atoms with Gasteiger partial charge in [-0.2, -0.15) is 10.2 Å². The number of allylic oxidation sites excluding steroid dienone is 1. The third-order valence-electron chi connectivity index (χ3n) is 3.20. The predicted octanol–water partition coefficient (Wildman–Crippen LogP) is 3.83. The van der Waals surface area contributed by atoms with Gasteiger partial charge in [-0.3, -0.25) is 0 Å². The van der Waals surface area contributed by atoms with Gasteiger partial charge in [-0.25, -0.2) is 0 Å². The highest BCUT2D eigenvalue weighted by Crippen LogP contribution is 2.37. The van der Waals surface area contributed by atoms with E-state index < -0.39 is 0 Å². The molecule has 0 saturated carbocycles. The molecule has 0 radical (unpaired) electrons. The molecule has 2 aromatic carbocycles. The number of hydrogen-bond acceptors (Lipinski definition) is 5. The van der Waals surface area contributed by atoms with Gasteiger partial charge < -0.3 is 14.2 Å². The number of hydrogen-bond donors (Lipinski definition) is 0. The Balaban J connectivity index is 2.06. The maximum absolute atomic E-state index is 5.30. The van der Waals surface area contributed by atoms with Crippen LogP contribution in [0.5, 0.6) is 17.2 Å². The molecule has 5 nitrogen and oxygen atoms in total. The van der Waals surface area contributed by atoms with Gasteiger partial charge in [0.25, 0.3) is 0 Å². The summed E-state index contributed by atoms with van der Waals surface area (Å²) in [5.41, 5.74) is 1.91. The summed E-state index contributed by atoms with van der Waals surface area (Å²) in [5, 5.41) is 8.00. The van der Waals surface area contributed by atoms with Crippen molar-refractivity contribution < 1.29 is 14.2 Å². The maximum Gasteiger partial charge on any atom is 0.203 e. The molecule has 0 aliphatic rings. The van der Waals surface area contributed by atoms with Gasteiger partial charge >= 0.3 is 0 Å². The molecular weight excluding hydrogens is 304 g/mol. The average molecular weight is 324 g/mol. The largest absolute Gasteiger partial charge is 0.493 e. The van der Waals surface area contributed by atoms with Gasteiger partial charge in [-0.15, -0.1) is 0 Å². The number of nitrogens with zero attached hydrogens (tertiary/aromatic N) is 2. The van der Waals surface area contributed by atoms with Crippen molar-refractivity contribution in [3.63, 3.8) is 0 Å². The fraction of sp³-hybridized carbons (Fsp3) is 0.158. The summed E-state index contributed by atoms with van der Waals surface area (Å²) < 4.78 is 15.9. The third kappa shape index (κ3) is 4.71.